The van der Waals surface area contributed by atoms with Crippen molar-refractivity contribution in [1.29, 1.82) is 0 Å². The van der Waals surface area contributed by atoms with Gasteiger partial charge in [0.05, 0.1) is 12.7 Å². The molecule has 0 aromatic carbocycles. The maximum atomic E-state index is 11.1. The number of hydrogen-bond acceptors (Lipinski definition) is 5. The lowest BCUT2D eigenvalue weighted by Crippen LogP contribution is -2.04. The molecule has 2 rings (SSSR count). The number of nitrogens with zero attached hydrogens (tertiary/aromatic N) is 2. The van der Waals surface area contributed by atoms with Gasteiger partial charge >= 0.3 is 5.97 Å². The highest BCUT2D eigenvalue weighted by Crippen LogP contribution is 2.22. The summed E-state index contributed by atoms with van der Waals surface area (Å²) in [4.78, 5) is 30.2. The molecule has 0 bridgehead atoms. The van der Waals surface area contributed by atoms with Gasteiger partial charge in [0.1, 0.15) is 0 Å². The number of methoxy groups -OCH3 is 1. The van der Waals surface area contributed by atoms with Crippen LogP contribution in [0, 0.1) is 0 Å². The number of carbonyl (C=O) groups excluding carboxylic acids is 2. The van der Waals surface area contributed by atoms with E-state index < -0.39 is 5.97 Å². The van der Waals surface area contributed by atoms with Crippen LogP contribution < -0.4 is 0 Å². The molecule has 0 fully saturated rings. The Morgan fingerprint density at radius 1 is 1.31 bits per heavy atom. The Balaban J connectivity index is 2.23. The first-order valence-electron chi connectivity index (χ1n) is 4.85. The average Bonchev–Trinajstić information content (AvgIpc) is 2.75. The normalized spacial score (nSPS) is 14.8. The lowest BCUT2D eigenvalue weighted by Gasteiger charge is -2.01. The third-order valence-corrected chi connectivity index (χ3v) is 2.34. The van der Waals surface area contributed by atoms with Crippen molar-refractivity contribution in [2.45, 2.75) is 12.8 Å². The zero-order chi connectivity index (χ0) is 11.5. The van der Waals surface area contributed by atoms with Crippen LogP contribution in [0.5, 0.6) is 0 Å². The monoisotopic (exact) mass is 218 g/mol. The fourth-order valence-electron chi connectivity index (χ4n) is 1.49. The molecular weight excluding hydrogens is 208 g/mol. The average molecular weight is 218 g/mol. The number of aromatic nitrogens is 2. The van der Waals surface area contributed by atoms with Gasteiger partial charge in [-0.3, -0.25) is 4.79 Å². The molecule has 1 aliphatic carbocycles. The van der Waals surface area contributed by atoms with Crippen molar-refractivity contribution < 1.29 is 14.3 Å². The van der Waals surface area contributed by atoms with Crippen LogP contribution in [0.25, 0.3) is 5.57 Å². The molecule has 5 nitrogen and oxygen atoms in total. The number of ether oxygens (including phenoxy) is 1. The van der Waals surface area contributed by atoms with Crippen molar-refractivity contribution in [3.63, 3.8) is 0 Å². The molecule has 0 aliphatic heterocycles. The Hall–Kier alpha value is -2.04. The summed E-state index contributed by atoms with van der Waals surface area (Å²) in [5.74, 6) is 0.122. The van der Waals surface area contributed by atoms with Gasteiger partial charge in [0.2, 0.25) is 0 Å². The number of esters is 1. The lowest BCUT2D eigenvalue weighted by atomic mass is 10.2. The van der Waals surface area contributed by atoms with E-state index in [2.05, 4.69) is 14.7 Å². The van der Waals surface area contributed by atoms with Crippen LogP contribution in [0.1, 0.15) is 29.0 Å². The van der Waals surface area contributed by atoms with Gasteiger partial charge in [0, 0.05) is 24.4 Å². The predicted molar refractivity (Wildman–Crippen MR) is 55.6 cm³/mol. The van der Waals surface area contributed by atoms with Gasteiger partial charge in [0.15, 0.2) is 11.6 Å². The van der Waals surface area contributed by atoms with Crippen molar-refractivity contribution in [1.82, 2.24) is 9.97 Å². The Kier molecular flexibility index (Phi) is 2.76. The summed E-state index contributed by atoms with van der Waals surface area (Å²) >= 11 is 0. The highest BCUT2D eigenvalue weighted by molar-refractivity contribution is 6.00. The molecule has 16 heavy (non-hydrogen) atoms. The SMILES string of the molecule is COC(=O)c1cnc(C2=CC(=O)CC2)nc1. The van der Waals surface area contributed by atoms with E-state index in [1.807, 2.05) is 0 Å². The molecule has 0 saturated carbocycles. The van der Waals surface area contributed by atoms with Crippen LogP contribution in [-0.2, 0) is 9.53 Å². The Labute approximate surface area is 92.2 Å². The first kappa shape index (κ1) is 10.5. The third kappa shape index (κ3) is 1.98. The van der Waals surface area contributed by atoms with Crippen LogP contribution in [-0.4, -0.2) is 28.8 Å². The molecule has 1 aromatic rings. The molecule has 0 N–H and O–H groups in total. The Morgan fingerprint density at radius 3 is 2.50 bits per heavy atom. The van der Waals surface area contributed by atoms with Crippen molar-refractivity contribution in [3.8, 4) is 0 Å². The first-order valence-corrected chi connectivity index (χ1v) is 4.85. The second-order valence-electron chi connectivity index (χ2n) is 3.42. The summed E-state index contributed by atoms with van der Waals surface area (Å²) in [5, 5.41) is 0. The minimum atomic E-state index is -0.469. The largest absolute Gasteiger partial charge is 0.465 e. The molecule has 1 aliphatic rings. The summed E-state index contributed by atoms with van der Waals surface area (Å²) in [5.41, 5.74) is 1.12. The fraction of sp³-hybridized carbons (Fsp3) is 0.273. The fourth-order valence-corrected chi connectivity index (χ4v) is 1.49. The molecule has 0 unspecified atom stereocenters. The van der Waals surface area contributed by atoms with E-state index in [0.29, 0.717) is 24.2 Å². The molecule has 0 spiro atoms. The van der Waals surface area contributed by atoms with E-state index in [-0.39, 0.29) is 5.78 Å². The van der Waals surface area contributed by atoms with E-state index in [0.717, 1.165) is 5.57 Å². The van der Waals surface area contributed by atoms with E-state index in [9.17, 15) is 9.59 Å². The molecule has 0 radical (unpaired) electrons. The van der Waals surface area contributed by atoms with Gasteiger partial charge < -0.3 is 4.74 Å². The van der Waals surface area contributed by atoms with Crippen molar-refractivity contribution in [2.24, 2.45) is 0 Å². The van der Waals surface area contributed by atoms with E-state index in [1.165, 1.54) is 19.5 Å². The van der Waals surface area contributed by atoms with Crippen molar-refractivity contribution >= 4 is 17.3 Å². The Bertz CT molecular complexity index is 463. The van der Waals surface area contributed by atoms with Crippen LogP contribution in [0.15, 0.2) is 18.5 Å². The maximum Gasteiger partial charge on any atom is 0.341 e. The molecular formula is C11H10N2O3. The lowest BCUT2D eigenvalue weighted by molar-refractivity contribution is -0.114. The van der Waals surface area contributed by atoms with E-state index in [1.54, 1.807) is 6.08 Å². The van der Waals surface area contributed by atoms with Crippen LogP contribution in [0.2, 0.25) is 0 Å². The molecule has 0 saturated heterocycles. The molecule has 1 heterocycles. The molecule has 0 amide bonds. The second-order valence-corrected chi connectivity index (χ2v) is 3.42. The minimum absolute atomic E-state index is 0.0932. The van der Waals surface area contributed by atoms with Crippen molar-refractivity contribution in [2.75, 3.05) is 7.11 Å². The van der Waals surface area contributed by atoms with E-state index >= 15 is 0 Å². The van der Waals surface area contributed by atoms with Crippen molar-refractivity contribution in [3.05, 3.63) is 29.9 Å². The predicted octanol–water partition coefficient (Wildman–Crippen LogP) is 1.01. The first-order chi connectivity index (χ1) is 7.70. The molecule has 82 valence electrons. The van der Waals surface area contributed by atoms with Crippen LogP contribution >= 0.6 is 0 Å². The van der Waals surface area contributed by atoms with Gasteiger partial charge in [0.25, 0.3) is 0 Å². The number of ketones is 1. The zero-order valence-electron chi connectivity index (χ0n) is 8.77. The molecule has 5 heteroatoms. The van der Waals surface area contributed by atoms with Gasteiger partial charge in [-0.25, -0.2) is 14.8 Å². The van der Waals surface area contributed by atoms with Gasteiger partial charge in [-0.1, -0.05) is 0 Å². The molecule has 1 aromatic heterocycles. The number of hydrogen-bond donors (Lipinski definition) is 0. The standard InChI is InChI=1S/C11H10N2O3/c1-16-11(15)8-5-12-10(13-6-8)7-2-3-9(14)4-7/h4-6H,2-3H2,1H3. The summed E-state index contributed by atoms with van der Waals surface area (Å²) in [6, 6.07) is 0. The Morgan fingerprint density at radius 2 is 2.00 bits per heavy atom. The summed E-state index contributed by atoms with van der Waals surface area (Å²) in [7, 11) is 1.30. The third-order valence-electron chi connectivity index (χ3n) is 2.34. The summed E-state index contributed by atoms with van der Waals surface area (Å²) in [6.45, 7) is 0. The minimum Gasteiger partial charge on any atom is -0.465 e. The van der Waals surface area contributed by atoms with Crippen LogP contribution in [0.3, 0.4) is 0 Å². The van der Waals surface area contributed by atoms with Crippen LogP contribution in [0.4, 0.5) is 0 Å². The highest BCUT2D eigenvalue weighted by atomic mass is 16.5. The van der Waals surface area contributed by atoms with Gasteiger partial charge in [-0.15, -0.1) is 0 Å². The zero-order valence-corrected chi connectivity index (χ0v) is 8.77. The number of allylic oxidation sites excluding steroid dienone is 2. The topological polar surface area (TPSA) is 69.2 Å². The second kappa shape index (κ2) is 4.22. The smallest absolute Gasteiger partial charge is 0.341 e. The quantitative estimate of drug-likeness (QED) is 0.693. The summed E-state index contributed by atoms with van der Waals surface area (Å²) in [6.07, 6.45) is 5.52. The summed E-state index contributed by atoms with van der Waals surface area (Å²) < 4.78 is 4.53. The maximum absolute atomic E-state index is 11.1. The van der Waals surface area contributed by atoms with Gasteiger partial charge in [-0.05, 0) is 12.5 Å². The molecule has 0 atom stereocenters. The number of rotatable bonds is 2. The highest BCUT2D eigenvalue weighted by Gasteiger charge is 2.16. The van der Waals surface area contributed by atoms with E-state index in [4.69, 9.17) is 0 Å². The number of carbonyl (C=O) groups is 2. The van der Waals surface area contributed by atoms with Gasteiger partial charge in [-0.2, -0.15) is 0 Å².